The molecule has 1 unspecified atom stereocenters. The van der Waals surface area contributed by atoms with Crippen LogP contribution in [-0.2, 0) is 0 Å². The van der Waals surface area contributed by atoms with Gasteiger partial charge in [-0.2, -0.15) is 0 Å². The lowest BCUT2D eigenvalue weighted by molar-refractivity contribution is 0.0791. The molecule has 1 atom stereocenters. The van der Waals surface area contributed by atoms with Crippen LogP contribution in [0.5, 0.6) is 0 Å². The van der Waals surface area contributed by atoms with Crippen molar-refractivity contribution >= 4 is 17.5 Å². The van der Waals surface area contributed by atoms with Gasteiger partial charge in [-0.1, -0.05) is 11.6 Å². The van der Waals surface area contributed by atoms with Crippen LogP contribution in [0.4, 0.5) is 0 Å². The number of amides is 1. The molecule has 0 radical (unpaired) electrons. The first-order valence-electron chi connectivity index (χ1n) is 4.97. The summed E-state index contributed by atoms with van der Waals surface area (Å²) in [6, 6.07) is 7.07. The monoisotopic (exact) mass is 224 g/mol. The van der Waals surface area contributed by atoms with Gasteiger partial charge in [-0.3, -0.25) is 4.79 Å². The minimum absolute atomic E-state index is 0.0413. The number of halogens is 1. The van der Waals surface area contributed by atoms with E-state index in [4.69, 9.17) is 17.3 Å². The molecule has 1 aliphatic heterocycles. The number of benzene rings is 1. The first kappa shape index (κ1) is 10.5. The Morgan fingerprint density at radius 1 is 1.40 bits per heavy atom. The standard InChI is InChI=1S/C11H13ClN2O/c12-9-3-1-8(2-4-9)11(15)14-6-5-10(13)7-14/h1-4,10H,5-7,13H2. The van der Waals surface area contributed by atoms with Crippen molar-refractivity contribution in [3.63, 3.8) is 0 Å². The molecule has 2 N–H and O–H groups in total. The summed E-state index contributed by atoms with van der Waals surface area (Å²) in [6.07, 6.45) is 0.888. The zero-order valence-electron chi connectivity index (χ0n) is 8.32. The number of hydrogen-bond acceptors (Lipinski definition) is 2. The molecule has 1 fully saturated rings. The van der Waals surface area contributed by atoms with Gasteiger partial charge in [0.2, 0.25) is 0 Å². The topological polar surface area (TPSA) is 46.3 Å². The molecule has 0 aliphatic carbocycles. The van der Waals surface area contributed by atoms with Crippen LogP contribution < -0.4 is 5.73 Å². The highest BCUT2D eigenvalue weighted by atomic mass is 35.5. The zero-order chi connectivity index (χ0) is 10.8. The van der Waals surface area contributed by atoms with E-state index in [0.29, 0.717) is 17.1 Å². The molecule has 80 valence electrons. The van der Waals surface area contributed by atoms with Crippen LogP contribution in [0.25, 0.3) is 0 Å². The summed E-state index contributed by atoms with van der Waals surface area (Å²) in [5, 5.41) is 0.643. The molecule has 1 amide bonds. The maximum absolute atomic E-state index is 11.9. The molecule has 3 nitrogen and oxygen atoms in total. The fourth-order valence-electron chi connectivity index (χ4n) is 1.75. The average molecular weight is 225 g/mol. The lowest BCUT2D eigenvalue weighted by atomic mass is 10.2. The predicted octanol–water partition coefficient (Wildman–Crippen LogP) is 1.51. The van der Waals surface area contributed by atoms with E-state index >= 15 is 0 Å². The van der Waals surface area contributed by atoms with Crippen LogP contribution >= 0.6 is 11.6 Å². The van der Waals surface area contributed by atoms with E-state index in [1.807, 2.05) is 0 Å². The van der Waals surface area contributed by atoms with E-state index in [1.54, 1.807) is 29.2 Å². The Bertz CT molecular complexity index is 363. The molecule has 4 heteroatoms. The Balaban J connectivity index is 2.11. The Morgan fingerprint density at radius 3 is 2.60 bits per heavy atom. The lowest BCUT2D eigenvalue weighted by Gasteiger charge is -2.15. The SMILES string of the molecule is NC1CCN(C(=O)c2ccc(Cl)cc2)C1. The normalized spacial score (nSPS) is 20.7. The second kappa shape index (κ2) is 4.21. The van der Waals surface area contributed by atoms with E-state index in [1.165, 1.54) is 0 Å². The number of carbonyl (C=O) groups is 1. The van der Waals surface area contributed by atoms with Gasteiger partial charge in [0, 0.05) is 29.7 Å². The predicted molar refractivity (Wildman–Crippen MR) is 59.9 cm³/mol. The molecule has 1 aromatic rings. The van der Waals surface area contributed by atoms with Crippen LogP contribution in [-0.4, -0.2) is 29.9 Å². The number of nitrogens with zero attached hydrogens (tertiary/aromatic N) is 1. The lowest BCUT2D eigenvalue weighted by Crippen LogP contribution is -2.31. The summed E-state index contributed by atoms with van der Waals surface area (Å²) in [5.74, 6) is 0.0413. The van der Waals surface area contributed by atoms with Gasteiger partial charge < -0.3 is 10.6 Å². The first-order chi connectivity index (χ1) is 7.16. The van der Waals surface area contributed by atoms with Gasteiger partial charge in [-0.05, 0) is 30.7 Å². The fraction of sp³-hybridized carbons (Fsp3) is 0.364. The van der Waals surface area contributed by atoms with Gasteiger partial charge in [-0.15, -0.1) is 0 Å². The molecular formula is C11H13ClN2O. The van der Waals surface area contributed by atoms with Crippen molar-refractivity contribution in [3.8, 4) is 0 Å². The van der Waals surface area contributed by atoms with Crippen molar-refractivity contribution < 1.29 is 4.79 Å². The molecule has 15 heavy (non-hydrogen) atoms. The summed E-state index contributed by atoms with van der Waals surface area (Å²) in [6.45, 7) is 1.41. The van der Waals surface area contributed by atoms with Gasteiger partial charge >= 0.3 is 0 Å². The number of nitrogens with two attached hydrogens (primary N) is 1. The number of likely N-dealkylation sites (tertiary alicyclic amines) is 1. The molecule has 1 heterocycles. The van der Waals surface area contributed by atoms with Crippen molar-refractivity contribution in [3.05, 3.63) is 34.9 Å². The summed E-state index contributed by atoms with van der Waals surface area (Å²) < 4.78 is 0. The van der Waals surface area contributed by atoms with Crippen LogP contribution in [0.2, 0.25) is 5.02 Å². The molecule has 1 aliphatic rings. The summed E-state index contributed by atoms with van der Waals surface area (Å²) >= 11 is 5.75. The minimum atomic E-state index is 0.0413. The second-order valence-corrected chi connectivity index (χ2v) is 4.24. The summed E-state index contributed by atoms with van der Waals surface area (Å²) in [4.78, 5) is 13.7. The number of hydrogen-bond donors (Lipinski definition) is 1. The minimum Gasteiger partial charge on any atom is -0.337 e. The number of rotatable bonds is 1. The van der Waals surface area contributed by atoms with E-state index in [0.717, 1.165) is 13.0 Å². The van der Waals surface area contributed by atoms with Crippen molar-refractivity contribution in [2.45, 2.75) is 12.5 Å². The molecule has 0 spiro atoms. The van der Waals surface area contributed by atoms with Crippen molar-refractivity contribution in [1.82, 2.24) is 4.90 Å². The largest absolute Gasteiger partial charge is 0.337 e. The van der Waals surface area contributed by atoms with E-state index in [9.17, 15) is 4.79 Å². The third-order valence-corrected chi connectivity index (χ3v) is 2.86. The summed E-state index contributed by atoms with van der Waals surface area (Å²) in [7, 11) is 0. The van der Waals surface area contributed by atoms with E-state index in [2.05, 4.69) is 0 Å². The van der Waals surface area contributed by atoms with Crippen LogP contribution in [0.15, 0.2) is 24.3 Å². The molecule has 1 saturated heterocycles. The van der Waals surface area contributed by atoms with Crippen molar-refractivity contribution in [2.75, 3.05) is 13.1 Å². The van der Waals surface area contributed by atoms with Crippen molar-refractivity contribution in [2.24, 2.45) is 5.73 Å². The molecular weight excluding hydrogens is 212 g/mol. The van der Waals surface area contributed by atoms with Gasteiger partial charge in [0.25, 0.3) is 5.91 Å². The average Bonchev–Trinajstić information content (AvgIpc) is 2.65. The van der Waals surface area contributed by atoms with E-state index < -0.39 is 0 Å². The quantitative estimate of drug-likeness (QED) is 0.786. The Labute approximate surface area is 93.8 Å². The molecule has 0 bridgehead atoms. The Morgan fingerprint density at radius 2 is 2.07 bits per heavy atom. The smallest absolute Gasteiger partial charge is 0.253 e. The molecule has 0 saturated carbocycles. The molecule has 1 aromatic carbocycles. The number of carbonyl (C=O) groups excluding carboxylic acids is 1. The highest BCUT2D eigenvalue weighted by molar-refractivity contribution is 6.30. The molecule has 2 rings (SSSR count). The zero-order valence-corrected chi connectivity index (χ0v) is 9.07. The van der Waals surface area contributed by atoms with Crippen molar-refractivity contribution in [1.29, 1.82) is 0 Å². The van der Waals surface area contributed by atoms with Crippen LogP contribution in [0.3, 0.4) is 0 Å². The maximum atomic E-state index is 11.9. The second-order valence-electron chi connectivity index (χ2n) is 3.81. The highest BCUT2D eigenvalue weighted by Crippen LogP contribution is 2.14. The third-order valence-electron chi connectivity index (χ3n) is 2.60. The Hall–Kier alpha value is -1.06. The van der Waals surface area contributed by atoms with Gasteiger partial charge in [0.15, 0.2) is 0 Å². The van der Waals surface area contributed by atoms with Gasteiger partial charge in [-0.25, -0.2) is 0 Å². The maximum Gasteiger partial charge on any atom is 0.253 e. The third kappa shape index (κ3) is 2.30. The molecule has 0 aromatic heterocycles. The Kier molecular flexibility index (Phi) is 2.93. The fourth-order valence-corrected chi connectivity index (χ4v) is 1.87. The van der Waals surface area contributed by atoms with Gasteiger partial charge in [0.05, 0.1) is 0 Å². The van der Waals surface area contributed by atoms with Crippen LogP contribution in [0, 0.1) is 0 Å². The first-order valence-corrected chi connectivity index (χ1v) is 5.35. The van der Waals surface area contributed by atoms with E-state index in [-0.39, 0.29) is 11.9 Å². The van der Waals surface area contributed by atoms with Gasteiger partial charge in [0.1, 0.15) is 0 Å². The highest BCUT2D eigenvalue weighted by Gasteiger charge is 2.24. The summed E-state index contributed by atoms with van der Waals surface area (Å²) in [5.41, 5.74) is 6.42. The van der Waals surface area contributed by atoms with Crippen LogP contribution in [0.1, 0.15) is 16.8 Å².